The van der Waals surface area contributed by atoms with E-state index in [1.165, 1.54) is 0 Å². The van der Waals surface area contributed by atoms with Crippen LogP contribution in [0.5, 0.6) is 0 Å². The van der Waals surface area contributed by atoms with E-state index in [0.717, 1.165) is 32.3 Å². The van der Waals surface area contributed by atoms with Gasteiger partial charge in [-0.2, -0.15) is 8.42 Å². The van der Waals surface area contributed by atoms with E-state index in [9.17, 15) is 8.42 Å². The van der Waals surface area contributed by atoms with E-state index in [-0.39, 0.29) is 5.75 Å². The van der Waals surface area contributed by atoms with Crippen molar-refractivity contribution in [2.24, 2.45) is 0 Å². The average molecular weight is 210 g/mol. The second kappa shape index (κ2) is 7.29. The third kappa shape index (κ3) is 11.9. The van der Waals surface area contributed by atoms with Crippen molar-refractivity contribution in [3.63, 3.8) is 0 Å². The van der Waals surface area contributed by atoms with Crippen LogP contribution in [0.15, 0.2) is 0 Å². The van der Waals surface area contributed by atoms with Gasteiger partial charge in [-0.25, -0.2) is 0 Å². The summed E-state index contributed by atoms with van der Waals surface area (Å²) in [7, 11) is -2.08. The standard InChI is InChI=1S/C8H18O4S/c1-12-7-5-3-2-4-6-8-13(9,10)11/h2-8H2,1H3,(H,9,10,11). The minimum atomic E-state index is -3.75. The monoisotopic (exact) mass is 210 g/mol. The maximum absolute atomic E-state index is 10.3. The second-order valence-corrected chi connectivity index (χ2v) is 4.62. The Bertz CT molecular complexity index is 198. The van der Waals surface area contributed by atoms with Gasteiger partial charge < -0.3 is 4.74 Å². The van der Waals surface area contributed by atoms with Crippen LogP contribution in [0.3, 0.4) is 0 Å². The Morgan fingerprint density at radius 2 is 1.62 bits per heavy atom. The summed E-state index contributed by atoms with van der Waals surface area (Å²) in [6.07, 6.45) is 4.47. The number of unbranched alkanes of at least 4 members (excludes halogenated alkanes) is 4. The molecule has 0 aliphatic carbocycles. The number of ether oxygens (including phenoxy) is 1. The Hall–Kier alpha value is -0.130. The van der Waals surface area contributed by atoms with Crippen molar-refractivity contribution in [3.05, 3.63) is 0 Å². The molecule has 0 rings (SSSR count). The summed E-state index contributed by atoms with van der Waals surface area (Å²) in [6, 6.07) is 0. The number of hydrogen-bond acceptors (Lipinski definition) is 3. The van der Waals surface area contributed by atoms with Gasteiger partial charge in [0.25, 0.3) is 10.1 Å². The number of rotatable bonds is 8. The van der Waals surface area contributed by atoms with Gasteiger partial charge in [0, 0.05) is 13.7 Å². The van der Waals surface area contributed by atoms with E-state index in [1.807, 2.05) is 0 Å². The molecule has 5 heteroatoms. The molecule has 0 aromatic rings. The van der Waals surface area contributed by atoms with Crippen LogP contribution in [-0.2, 0) is 14.9 Å². The molecular formula is C8H18O4S. The van der Waals surface area contributed by atoms with Gasteiger partial charge in [0.05, 0.1) is 5.75 Å². The predicted octanol–water partition coefficient (Wildman–Crippen LogP) is 1.47. The molecule has 0 saturated heterocycles. The van der Waals surface area contributed by atoms with Crippen LogP contribution < -0.4 is 0 Å². The number of hydrogen-bond donors (Lipinski definition) is 1. The van der Waals surface area contributed by atoms with Crippen LogP contribution in [0.1, 0.15) is 32.1 Å². The average Bonchev–Trinajstić information content (AvgIpc) is 2.01. The van der Waals surface area contributed by atoms with Gasteiger partial charge in [-0.15, -0.1) is 0 Å². The predicted molar refractivity (Wildman–Crippen MR) is 51.4 cm³/mol. The van der Waals surface area contributed by atoms with Crippen molar-refractivity contribution in [1.29, 1.82) is 0 Å². The highest BCUT2D eigenvalue weighted by atomic mass is 32.2. The maximum Gasteiger partial charge on any atom is 0.264 e. The summed E-state index contributed by atoms with van der Waals surface area (Å²) in [5.41, 5.74) is 0. The second-order valence-electron chi connectivity index (χ2n) is 3.05. The molecule has 0 saturated carbocycles. The minimum absolute atomic E-state index is 0.114. The van der Waals surface area contributed by atoms with Gasteiger partial charge in [0.1, 0.15) is 0 Å². The molecule has 1 N–H and O–H groups in total. The van der Waals surface area contributed by atoms with Crippen molar-refractivity contribution in [2.75, 3.05) is 19.5 Å². The highest BCUT2D eigenvalue weighted by Gasteiger charge is 2.02. The van der Waals surface area contributed by atoms with Crippen molar-refractivity contribution in [1.82, 2.24) is 0 Å². The van der Waals surface area contributed by atoms with E-state index in [0.29, 0.717) is 6.42 Å². The lowest BCUT2D eigenvalue weighted by Crippen LogP contribution is -2.03. The van der Waals surface area contributed by atoms with Crippen molar-refractivity contribution in [2.45, 2.75) is 32.1 Å². The van der Waals surface area contributed by atoms with Gasteiger partial charge in [0.2, 0.25) is 0 Å². The Labute approximate surface area is 80.0 Å². The van der Waals surface area contributed by atoms with Gasteiger partial charge in [-0.1, -0.05) is 19.3 Å². The van der Waals surface area contributed by atoms with Gasteiger partial charge >= 0.3 is 0 Å². The normalized spacial score (nSPS) is 11.8. The zero-order valence-electron chi connectivity index (χ0n) is 8.03. The highest BCUT2D eigenvalue weighted by molar-refractivity contribution is 7.85. The molecule has 0 aromatic heterocycles. The molecule has 0 fully saturated rings. The van der Waals surface area contributed by atoms with E-state index in [4.69, 9.17) is 9.29 Å². The van der Waals surface area contributed by atoms with Crippen LogP contribution >= 0.6 is 0 Å². The molecule has 13 heavy (non-hydrogen) atoms. The lowest BCUT2D eigenvalue weighted by molar-refractivity contribution is 0.192. The molecule has 0 aliphatic heterocycles. The fourth-order valence-electron chi connectivity index (χ4n) is 1.06. The minimum Gasteiger partial charge on any atom is -0.385 e. The summed E-state index contributed by atoms with van der Waals surface area (Å²) < 4.78 is 33.9. The SMILES string of the molecule is COCCCCCCCS(=O)(=O)O. The Kier molecular flexibility index (Phi) is 7.22. The molecule has 0 spiro atoms. The zero-order valence-corrected chi connectivity index (χ0v) is 8.85. The third-order valence-corrected chi connectivity index (χ3v) is 2.56. The molecule has 0 radical (unpaired) electrons. The van der Waals surface area contributed by atoms with Crippen LogP contribution in [0.2, 0.25) is 0 Å². The van der Waals surface area contributed by atoms with Crippen LogP contribution in [0.4, 0.5) is 0 Å². The highest BCUT2D eigenvalue weighted by Crippen LogP contribution is 2.04. The number of methoxy groups -OCH3 is 1. The first kappa shape index (κ1) is 12.9. The molecule has 0 atom stereocenters. The molecule has 0 heterocycles. The summed E-state index contributed by atoms with van der Waals surface area (Å²) in [6.45, 7) is 0.762. The first-order chi connectivity index (χ1) is 6.06. The first-order valence-electron chi connectivity index (χ1n) is 4.50. The molecule has 0 bridgehead atoms. The van der Waals surface area contributed by atoms with E-state index in [1.54, 1.807) is 7.11 Å². The lowest BCUT2D eigenvalue weighted by Gasteiger charge is -1.99. The molecule has 80 valence electrons. The summed E-state index contributed by atoms with van der Waals surface area (Å²) in [5.74, 6) is -0.114. The van der Waals surface area contributed by atoms with E-state index >= 15 is 0 Å². The third-order valence-electron chi connectivity index (χ3n) is 1.75. The Morgan fingerprint density at radius 1 is 1.08 bits per heavy atom. The summed E-state index contributed by atoms with van der Waals surface area (Å²) in [5, 5.41) is 0. The fraction of sp³-hybridized carbons (Fsp3) is 1.00. The van der Waals surface area contributed by atoms with Gasteiger partial charge in [-0.3, -0.25) is 4.55 Å². The molecule has 0 aromatic carbocycles. The topological polar surface area (TPSA) is 63.6 Å². The fourth-order valence-corrected chi connectivity index (χ4v) is 1.63. The van der Waals surface area contributed by atoms with Crippen LogP contribution in [-0.4, -0.2) is 32.4 Å². The van der Waals surface area contributed by atoms with E-state index in [2.05, 4.69) is 0 Å². The lowest BCUT2D eigenvalue weighted by atomic mass is 10.2. The van der Waals surface area contributed by atoms with E-state index < -0.39 is 10.1 Å². The Balaban J connectivity index is 3.09. The smallest absolute Gasteiger partial charge is 0.264 e. The van der Waals surface area contributed by atoms with Crippen molar-refractivity contribution >= 4 is 10.1 Å². The molecule has 0 amide bonds. The molecule has 4 nitrogen and oxygen atoms in total. The Morgan fingerprint density at radius 3 is 2.15 bits per heavy atom. The van der Waals surface area contributed by atoms with Crippen molar-refractivity contribution < 1.29 is 17.7 Å². The largest absolute Gasteiger partial charge is 0.385 e. The maximum atomic E-state index is 10.3. The summed E-state index contributed by atoms with van der Waals surface area (Å²) >= 11 is 0. The molecule has 0 aliphatic rings. The van der Waals surface area contributed by atoms with Crippen LogP contribution in [0.25, 0.3) is 0 Å². The quantitative estimate of drug-likeness (QED) is 0.487. The first-order valence-corrected chi connectivity index (χ1v) is 6.11. The summed E-state index contributed by atoms with van der Waals surface area (Å²) in [4.78, 5) is 0. The van der Waals surface area contributed by atoms with Crippen molar-refractivity contribution in [3.8, 4) is 0 Å². The molecular weight excluding hydrogens is 192 g/mol. The van der Waals surface area contributed by atoms with Gasteiger partial charge in [-0.05, 0) is 12.8 Å². The zero-order chi connectivity index (χ0) is 10.2. The van der Waals surface area contributed by atoms with Gasteiger partial charge in [0.15, 0.2) is 0 Å². The van der Waals surface area contributed by atoms with Crippen LogP contribution in [0, 0.1) is 0 Å². The molecule has 0 unspecified atom stereocenters.